The summed E-state index contributed by atoms with van der Waals surface area (Å²) in [4.78, 5) is 25.7. The molecule has 0 aromatic heterocycles. The average Bonchev–Trinajstić information content (AvgIpc) is 3.25. The molecule has 3 aromatic rings. The predicted octanol–water partition coefficient (Wildman–Crippen LogP) is 6.99. The Morgan fingerprint density at radius 2 is 1.84 bits per heavy atom. The van der Waals surface area contributed by atoms with Gasteiger partial charge in [0, 0.05) is 47.6 Å². The molecule has 1 fully saturated rings. The van der Waals surface area contributed by atoms with Crippen LogP contribution in [0, 0.1) is 28.4 Å². The molecule has 0 bridgehead atoms. The second-order valence-corrected chi connectivity index (χ2v) is 12.9. The van der Waals surface area contributed by atoms with E-state index in [1.165, 1.54) is 50.6 Å². The molecule has 232 valence electrons. The van der Waals surface area contributed by atoms with Crippen LogP contribution in [-0.4, -0.2) is 38.1 Å². The molecule has 1 saturated heterocycles. The van der Waals surface area contributed by atoms with E-state index < -0.39 is 41.0 Å². The molecule has 0 saturated carbocycles. The van der Waals surface area contributed by atoms with E-state index in [0.29, 0.717) is 17.7 Å². The van der Waals surface area contributed by atoms with Crippen molar-refractivity contribution in [2.24, 2.45) is 5.41 Å². The minimum absolute atomic E-state index is 0.0462. The van der Waals surface area contributed by atoms with Gasteiger partial charge in [0.15, 0.2) is 0 Å². The Bertz CT molecular complexity index is 1620. The van der Waals surface area contributed by atoms with Crippen LogP contribution in [0.25, 0.3) is 0 Å². The molecule has 11 heteroatoms. The SMILES string of the molecule is CNC(=O)c1ccc(NC(=O)C[C@@H]2N[C@@H](CC(C)(C)C)[C@](C#N)(c3ccc(Cl)cc3F)[C@H]2c2cccc(Cl)c2F)c(OC)c1. The number of hydrogen-bond acceptors (Lipinski definition) is 5. The fraction of sp³-hybridized carbons (Fsp3) is 0.364. The zero-order valence-electron chi connectivity index (χ0n) is 25.0. The summed E-state index contributed by atoms with van der Waals surface area (Å²) in [5, 5.41) is 19.7. The Balaban J connectivity index is 1.83. The van der Waals surface area contributed by atoms with Gasteiger partial charge < -0.3 is 20.7 Å². The number of nitrogens with zero attached hydrogens (tertiary/aromatic N) is 1. The minimum Gasteiger partial charge on any atom is -0.495 e. The molecule has 0 unspecified atom stereocenters. The molecule has 3 N–H and O–H groups in total. The van der Waals surface area contributed by atoms with Crippen LogP contribution in [0.3, 0.4) is 0 Å². The Labute approximate surface area is 265 Å². The molecular weight excluding hydrogens is 609 g/mol. The fourth-order valence-corrected chi connectivity index (χ4v) is 6.46. The van der Waals surface area contributed by atoms with Gasteiger partial charge in [0.25, 0.3) is 5.91 Å². The van der Waals surface area contributed by atoms with Gasteiger partial charge in [-0.1, -0.05) is 62.2 Å². The highest BCUT2D eigenvalue weighted by Crippen LogP contribution is 2.53. The Morgan fingerprint density at radius 1 is 1.11 bits per heavy atom. The number of nitriles is 1. The van der Waals surface area contributed by atoms with Crippen molar-refractivity contribution in [1.82, 2.24) is 10.6 Å². The number of carbonyl (C=O) groups excluding carboxylic acids is 2. The third-order valence-corrected chi connectivity index (χ3v) is 8.45. The maximum Gasteiger partial charge on any atom is 0.251 e. The molecule has 0 aliphatic carbocycles. The highest BCUT2D eigenvalue weighted by molar-refractivity contribution is 6.31. The number of hydrogen-bond donors (Lipinski definition) is 3. The normalized spacial score (nSPS) is 21.4. The van der Waals surface area contributed by atoms with Gasteiger partial charge in [0.2, 0.25) is 5.91 Å². The van der Waals surface area contributed by atoms with Crippen molar-refractivity contribution in [2.45, 2.75) is 57.0 Å². The lowest BCUT2D eigenvalue weighted by Crippen LogP contribution is -2.44. The summed E-state index contributed by atoms with van der Waals surface area (Å²) in [7, 11) is 2.91. The molecule has 1 aliphatic rings. The van der Waals surface area contributed by atoms with Crippen LogP contribution >= 0.6 is 23.2 Å². The van der Waals surface area contributed by atoms with E-state index in [0.717, 1.165) is 6.07 Å². The summed E-state index contributed by atoms with van der Waals surface area (Å²) in [5.41, 5.74) is -1.20. The molecule has 0 radical (unpaired) electrons. The van der Waals surface area contributed by atoms with Gasteiger partial charge in [0.05, 0.1) is 23.9 Å². The second-order valence-electron chi connectivity index (χ2n) is 12.1. The van der Waals surface area contributed by atoms with Gasteiger partial charge in [-0.2, -0.15) is 5.26 Å². The third kappa shape index (κ3) is 6.53. The summed E-state index contributed by atoms with van der Waals surface area (Å²) in [5.74, 6) is -3.02. The second kappa shape index (κ2) is 13.1. The predicted molar refractivity (Wildman–Crippen MR) is 167 cm³/mol. The molecule has 1 aliphatic heterocycles. The third-order valence-electron chi connectivity index (χ3n) is 7.92. The highest BCUT2D eigenvalue weighted by atomic mass is 35.5. The number of halogens is 4. The van der Waals surface area contributed by atoms with E-state index in [9.17, 15) is 14.9 Å². The number of benzene rings is 3. The Morgan fingerprint density at radius 3 is 2.45 bits per heavy atom. The van der Waals surface area contributed by atoms with Crippen molar-refractivity contribution < 1.29 is 23.1 Å². The molecule has 4 rings (SSSR count). The lowest BCUT2D eigenvalue weighted by molar-refractivity contribution is -0.116. The largest absolute Gasteiger partial charge is 0.495 e. The van der Waals surface area contributed by atoms with E-state index in [1.807, 2.05) is 20.8 Å². The quantitative estimate of drug-likeness (QED) is 0.246. The van der Waals surface area contributed by atoms with Crippen LogP contribution in [-0.2, 0) is 10.2 Å². The van der Waals surface area contributed by atoms with E-state index in [2.05, 4.69) is 22.0 Å². The maximum atomic E-state index is 15.8. The first kappa shape index (κ1) is 33.2. The number of amides is 2. The molecule has 1 heterocycles. The first-order chi connectivity index (χ1) is 20.7. The number of methoxy groups -OCH3 is 1. The van der Waals surface area contributed by atoms with E-state index in [1.54, 1.807) is 12.1 Å². The summed E-state index contributed by atoms with van der Waals surface area (Å²) >= 11 is 12.3. The van der Waals surface area contributed by atoms with Crippen molar-refractivity contribution in [3.63, 3.8) is 0 Å². The Hall–Kier alpha value is -3.71. The highest BCUT2D eigenvalue weighted by Gasteiger charge is 2.59. The van der Waals surface area contributed by atoms with Gasteiger partial charge in [0.1, 0.15) is 22.8 Å². The molecule has 4 atom stereocenters. The molecule has 2 amide bonds. The van der Waals surface area contributed by atoms with Gasteiger partial charge in [-0.3, -0.25) is 9.59 Å². The van der Waals surface area contributed by atoms with Crippen LogP contribution in [0.15, 0.2) is 54.6 Å². The van der Waals surface area contributed by atoms with Gasteiger partial charge >= 0.3 is 0 Å². The molecular formula is C33H34Cl2F2N4O3. The summed E-state index contributed by atoms with van der Waals surface area (Å²) in [6, 6.07) is 14.0. The zero-order chi connectivity index (χ0) is 32.4. The zero-order valence-corrected chi connectivity index (χ0v) is 26.5. The summed E-state index contributed by atoms with van der Waals surface area (Å²) in [6.07, 6.45) is 0.185. The number of anilines is 1. The molecule has 7 nitrogen and oxygen atoms in total. The van der Waals surface area contributed by atoms with Crippen LogP contribution in [0.5, 0.6) is 5.75 Å². The summed E-state index contributed by atoms with van der Waals surface area (Å²) < 4.78 is 37.0. The van der Waals surface area contributed by atoms with Gasteiger partial charge in [-0.15, -0.1) is 0 Å². The number of rotatable bonds is 8. The smallest absolute Gasteiger partial charge is 0.251 e. The van der Waals surface area contributed by atoms with E-state index in [4.69, 9.17) is 27.9 Å². The van der Waals surface area contributed by atoms with Crippen LogP contribution in [0.4, 0.5) is 14.5 Å². The maximum absolute atomic E-state index is 15.8. The van der Waals surface area contributed by atoms with Crippen molar-refractivity contribution >= 4 is 40.7 Å². The first-order valence-corrected chi connectivity index (χ1v) is 14.8. The standard InChI is InChI=1S/C33H34Cl2F2N4O3/c1-32(2,3)16-27-33(17-38,21-11-10-19(34)14-23(21)36)29(20-7-6-8-22(35)30(20)37)25(40-27)15-28(42)41-24-12-9-18(31(43)39-4)13-26(24)44-5/h6-14,25,27,29,40H,15-16H2,1-5H3,(H,39,43)(H,41,42)/t25-,27-,29-,33-/m0/s1. The van der Waals surface area contributed by atoms with Gasteiger partial charge in [-0.05, 0) is 53.8 Å². The van der Waals surface area contributed by atoms with Crippen molar-refractivity contribution in [3.05, 3.63) is 93.0 Å². The number of carbonyl (C=O) groups is 2. The van der Waals surface area contributed by atoms with Crippen molar-refractivity contribution in [2.75, 3.05) is 19.5 Å². The average molecular weight is 644 g/mol. The fourth-order valence-electron chi connectivity index (χ4n) is 6.12. The monoisotopic (exact) mass is 642 g/mol. The van der Waals surface area contributed by atoms with Crippen LogP contribution in [0.1, 0.15) is 61.0 Å². The number of nitrogens with one attached hydrogen (secondary N) is 3. The molecule has 3 aromatic carbocycles. The molecule has 44 heavy (non-hydrogen) atoms. The topological polar surface area (TPSA) is 103 Å². The van der Waals surface area contributed by atoms with Crippen molar-refractivity contribution in [1.29, 1.82) is 5.26 Å². The van der Waals surface area contributed by atoms with E-state index >= 15 is 8.78 Å². The van der Waals surface area contributed by atoms with E-state index in [-0.39, 0.29) is 44.7 Å². The Kier molecular flexibility index (Phi) is 9.89. The first-order valence-electron chi connectivity index (χ1n) is 14.0. The van der Waals surface area contributed by atoms with Crippen molar-refractivity contribution in [3.8, 4) is 11.8 Å². The van der Waals surface area contributed by atoms with Gasteiger partial charge in [-0.25, -0.2) is 8.78 Å². The lowest BCUT2D eigenvalue weighted by Gasteiger charge is -2.37. The van der Waals surface area contributed by atoms with Crippen LogP contribution in [0.2, 0.25) is 10.0 Å². The number of ether oxygens (including phenoxy) is 1. The molecule has 0 spiro atoms. The lowest BCUT2D eigenvalue weighted by atomic mass is 9.62. The minimum atomic E-state index is -1.65. The summed E-state index contributed by atoms with van der Waals surface area (Å²) in [6.45, 7) is 5.95. The van der Waals surface area contributed by atoms with Crippen LogP contribution < -0.4 is 20.7 Å².